The predicted octanol–water partition coefficient (Wildman–Crippen LogP) is 2.82. The van der Waals surface area contributed by atoms with E-state index in [1.165, 1.54) is 10.4 Å². The predicted molar refractivity (Wildman–Crippen MR) is 121 cm³/mol. The first kappa shape index (κ1) is 22.2. The van der Waals surface area contributed by atoms with Crippen LogP contribution in [0.5, 0.6) is 0 Å². The van der Waals surface area contributed by atoms with Gasteiger partial charge in [-0.15, -0.1) is 0 Å². The lowest BCUT2D eigenvalue weighted by Crippen LogP contribution is -2.40. The van der Waals surface area contributed by atoms with Gasteiger partial charge in [-0.25, -0.2) is 13.1 Å². The van der Waals surface area contributed by atoms with Gasteiger partial charge in [0.25, 0.3) is 5.91 Å². The molecule has 0 spiro atoms. The number of hydrogen-bond acceptors (Lipinski definition) is 5. The Hall–Kier alpha value is -3.01. The molecule has 4 rings (SSSR count). The lowest BCUT2D eigenvalue weighted by molar-refractivity contribution is 0.0730. The Kier molecular flexibility index (Phi) is 6.40. The molecule has 2 heterocycles. The van der Waals surface area contributed by atoms with Gasteiger partial charge in [0.15, 0.2) is 0 Å². The molecule has 0 aliphatic carbocycles. The van der Waals surface area contributed by atoms with Gasteiger partial charge in [-0.05, 0) is 37.1 Å². The van der Waals surface area contributed by atoms with Crippen molar-refractivity contribution in [2.75, 3.05) is 31.6 Å². The van der Waals surface area contributed by atoms with E-state index in [4.69, 9.17) is 4.74 Å². The average Bonchev–Trinajstić information content (AvgIpc) is 3.21. The van der Waals surface area contributed by atoms with Crippen molar-refractivity contribution in [3.8, 4) is 0 Å². The SMILES string of the molecule is Cc1cccc(Cn2nccc2NC(=O)c2ccc(C)c(S(=O)(=O)N3CCOCC3)c2)c1. The van der Waals surface area contributed by atoms with Gasteiger partial charge in [0.05, 0.1) is 30.9 Å². The van der Waals surface area contributed by atoms with Crippen molar-refractivity contribution in [2.24, 2.45) is 0 Å². The summed E-state index contributed by atoms with van der Waals surface area (Å²) in [6.07, 6.45) is 1.62. The number of carbonyl (C=O) groups is 1. The maximum atomic E-state index is 13.1. The Morgan fingerprint density at radius 3 is 2.62 bits per heavy atom. The molecular weight excluding hydrogens is 428 g/mol. The van der Waals surface area contributed by atoms with Crippen LogP contribution in [0.3, 0.4) is 0 Å². The van der Waals surface area contributed by atoms with Crippen LogP contribution >= 0.6 is 0 Å². The highest BCUT2D eigenvalue weighted by atomic mass is 32.2. The van der Waals surface area contributed by atoms with Gasteiger partial charge < -0.3 is 10.1 Å². The second-order valence-corrected chi connectivity index (χ2v) is 9.72. The molecule has 9 heteroatoms. The van der Waals surface area contributed by atoms with Crippen molar-refractivity contribution in [1.29, 1.82) is 0 Å². The second-order valence-electron chi connectivity index (χ2n) is 7.81. The number of benzene rings is 2. The van der Waals surface area contributed by atoms with Gasteiger partial charge in [-0.2, -0.15) is 9.40 Å². The lowest BCUT2D eigenvalue weighted by Gasteiger charge is -2.26. The van der Waals surface area contributed by atoms with E-state index in [0.717, 1.165) is 11.1 Å². The van der Waals surface area contributed by atoms with Crippen LogP contribution in [0.4, 0.5) is 5.82 Å². The quantitative estimate of drug-likeness (QED) is 0.618. The van der Waals surface area contributed by atoms with Gasteiger partial charge >= 0.3 is 0 Å². The largest absolute Gasteiger partial charge is 0.379 e. The zero-order valence-corrected chi connectivity index (χ0v) is 18.9. The van der Waals surface area contributed by atoms with E-state index >= 15 is 0 Å². The molecule has 0 radical (unpaired) electrons. The normalized spacial score (nSPS) is 14.9. The molecule has 0 atom stereocenters. The highest BCUT2D eigenvalue weighted by molar-refractivity contribution is 7.89. The molecule has 168 valence electrons. The number of amides is 1. The fourth-order valence-corrected chi connectivity index (χ4v) is 5.34. The number of ether oxygens (including phenoxy) is 1. The van der Waals surface area contributed by atoms with Crippen LogP contribution in [0, 0.1) is 13.8 Å². The summed E-state index contributed by atoms with van der Waals surface area (Å²) in [5.74, 6) is 0.143. The molecule has 1 aliphatic rings. The van der Waals surface area contributed by atoms with Crippen LogP contribution in [0.1, 0.15) is 27.0 Å². The maximum Gasteiger partial charge on any atom is 0.256 e. The summed E-state index contributed by atoms with van der Waals surface area (Å²) in [7, 11) is -3.71. The summed E-state index contributed by atoms with van der Waals surface area (Å²) >= 11 is 0. The molecule has 1 aliphatic heterocycles. The number of aromatic nitrogens is 2. The molecule has 1 amide bonds. The zero-order chi connectivity index (χ0) is 22.7. The first-order chi connectivity index (χ1) is 15.3. The molecular formula is C23H26N4O4S. The second kappa shape index (κ2) is 9.23. The number of nitrogens with zero attached hydrogens (tertiary/aromatic N) is 3. The van der Waals surface area contributed by atoms with E-state index < -0.39 is 15.9 Å². The summed E-state index contributed by atoms with van der Waals surface area (Å²) < 4.78 is 34.6. The van der Waals surface area contributed by atoms with Crippen LogP contribution in [0.15, 0.2) is 59.6 Å². The van der Waals surface area contributed by atoms with Crippen molar-refractivity contribution < 1.29 is 17.9 Å². The first-order valence-corrected chi connectivity index (χ1v) is 11.9. The minimum absolute atomic E-state index is 0.139. The van der Waals surface area contributed by atoms with Gasteiger partial charge in [0.1, 0.15) is 5.82 Å². The highest BCUT2D eigenvalue weighted by Crippen LogP contribution is 2.23. The smallest absolute Gasteiger partial charge is 0.256 e. The molecule has 3 aromatic rings. The summed E-state index contributed by atoms with van der Waals surface area (Å²) in [6.45, 7) is 5.59. The number of aryl methyl sites for hydroxylation is 2. The molecule has 0 saturated carbocycles. The Morgan fingerprint density at radius 1 is 1.09 bits per heavy atom. The third-order valence-electron chi connectivity index (χ3n) is 5.41. The van der Waals surface area contributed by atoms with E-state index in [9.17, 15) is 13.2 Å². The molecule has 1 N–H and O–H groups in total. The number of anilines is 1. The maximum absolute atomic E-state index is 13.1. The Labute approximate surface area is 187 Å². The Balaban J connectivity index is 1.55. The summed E-state index contributed by atoms with van der Waals surface area (Å²) in [5.41, 5.74) is 3.08. The van der Waals surface area contributed by atoms with E-state index in [2.05, 4.69) is 16.5 Å². The first-order valence-electron chi connectivity index (χ1n) is 10.4. The average molecular weight is 455 g/mol. The zero-order valence-electron chi connectivity index (χ0n) is 18.1. The van der Waals surface area contributed by atoms with Crippen molar-refractivity contribution >= 4 is 21.7 Å². The highest BCUT2D eigenvalue weighted by Gasteiger charge is 2.28. The van der Waals surface area contributed by atoms with E-state index in [0.29, 0.717) is 44.2 Å². The number of sulfonamides is 1. The van der Waals surface area contributed by atoms with Crippen molar-refractivity contribution in [2.45, 2.75) is 25.3 Å². The third kappa shape index (κ3) is 4.74. The number of rotatable bonds is 6. The summed E-state index contributed by atoms with van der Waals surface area (Å²) in [5, 5.41) is 7.16. The molecule has 32 heavy (non-hydrogen) atoms. The number of morpholine rings is 1. The third-order valence-corrected chi connectivity index (χ3v) is 7.45. The van der Waals surface area contributed by atoms with Crippen LogP contribution in [-0.4, -0.2) is 54.7 Å². The van der Waals surface area contributed by atoms with E-state index in [-0.39, 0.29) is 10.5 Å². The minimum atomic E-state index is -3.71. The molecule has 0 unspecified atom stereocenters. The molecule has 1 saturated heterocycles. The van der Waals surface area contributed by atoms with E-state index in [1.54, 1.807) is 36.0 Å². The van der Waals surface area contributed by atoms with Crippen LogP contribution in [0.25, 0.3) is 0 Å². The van der Waals surface area contributed by atoms with Crippen LogP contribution in [-0.2, 0) is 21.3 Å². The Morgan fingerprint density at radius 2 is 1.88 bits per heavy atom. The van der Waals surface area contributed by atoms with Gasteiger partial charge in [-0.1, -0.05) is 35.9 Å². The van der Waals surface area contributed by atoms with Crippen molar-refractivity contribution in [3.05, 3.63) is 77.0 Å². The number of carbonyl (C=O) groups excluding carboxylic acids is 1. The van der Waals surface area contributed by atoms with Crippen molar-refractivity contribution in [1.82, 2.24) is 14.1 Å². The molecule has 8 nitrogen and oxygen atoms in total. The van der Waals surface area contributed by atoms with Crippen LogP contribution < -0.4 is 5.32 Å². The standard InChI is InChI=1S/C23H26N4O4S/c1-17-4-3-5-19(14-17)16-27-22(8-9-24-27)25-23(28)20-7-6-18(2)21(15-20)32(29,30)26-10-12-31-13-11-26/h3-9,14-15H,10-13,16H2,1-2H3,(H,25,28). The number of hydrogen-bond donors (Lipinski definition) is 1. The molecule has 2 aromatic carbocycles. The summed E-state index contributed by atoms with van der Waals surface area (Å²) in [4.78, 5) is 13.1. The number of nitrogens with one attached hydrogen (secondary N) is 1. The fourth-order valence-electron chi connectivity index (χ4n) is 3.68. The van der Waals surface area contributed by atoms with Gasteiger partial charge in [0.2, 0.25) is 10.0 Å². The van der Waals surface area contributed by atoms with E-state index in [1.807, 2.05) is 25.1 Å². The monoisotopic (exact) mass is 454 g/mol. The fraction of sp³-hybridized carbons (Fsp3) is 0.304. The molecule has 1 aromatic heterocycles. The van der Waals surface area contributed by atoms with Crippen molar-refractivity contribution in [3.63, 3.8) is 0 Å². The molecule has 0 bridgehead atoms. The lowest BCUT2D eigenvalue weighted by atomic mass is 10.1. The summed E-state index contributed by atoms with van der Waals surface area (Å²) in [6, 6.07) is 14.5. The van der Waals surface area contributed by atoms with Gasteiger partial charge in [0, 0.05) is 24.7 Å². The Bertz CT molecular complexity index is 1230. The van der Waals surface area contributed by atoms with Crippen LogP contribution in [0.2, 0.25) is 0 Å². The topological polar surface area (TPSA) is 93.5 Å². The molecule has 1 fully saturated rings. The minimum Gasteiger partial charge on any atom is -0.379 e. The van der Waals surface area contributed by atoms with Gasteiger partial charge in [-0.3, -0.25) is 4.79 Å².